The smallest absolute Gasteiger partial charge is 0.306 e. The average Bonchev–Trinajstić information content (AvgIpc) is 3.46. The van der Waals surface area contributed by atoms with E-state index in [0.717, 1.165) is 103 Å². The van der Waals surface area contributed by atoms with E-state index in [1.54, 1.807) is 0 Å². The number of hydrogen-bond acceptors (Lipinski definition) is 6. The summed E-state index contributed by atoms with van der Waals surface area (Å²) in [5.41, 5.74) is 0. The number of esters is 3. The standard InChI is InChI=1S/C74H130O6/c1-4-7-10-13-16-19-22-24-26-28-30-32-34-35-36-37-38-39-41-42-44-46-48-50-52-55-58-61-64-67-73(76)79-70-71(69-78-72(75)66-63-60-57-54-21-18-15-12-9-6-3)80-74(77)68-65-62-59-56-53-51-49-47-45-43-40-33-31-29-27-25-23-20-17-14-11-8-5-2/h8,11-12,15,17,20,22,24-25,27-28,30-31,33,71H,4-7,9-10,13-14,16,18-19,21,23,26,29,32,34-70H2,1-3H3/b11-8-,15-12-,20-17-,24-22-,27-25-,30-28-,33-31-. The summed E-state index contributed by atoms with van der Waals surface area (Å²) >= 11 is 0. The van der Waals surface area contributed by atoms with Crippen molar-refractivity contribution in [3.63, 3.8) is 0 Å². The lowest BCUT2D eigenvalue weighted by Crippen LogP contribution is -2.30. The Morgan fingerprint density at radius 3 is 0.825 bits per heavy atom. The highest BCUT2D eigenvalue weighted by molar-refractivity contribution is 5.71. The van der Waals surface area contributed by atoms with Crippen molar-refractivity contribution >= 4 is 17.9 Å². The first-order valence-electron chi connectivity index (χ1n) is 34.6. The van der Waals surface area contributed by atoms with Gasteiger partial charge in [0.25, 0.3) is 0 Å². The van der Waals surface area contributed by atoms with Crippen LogP contribution in [0.2, 0.25) is 0 Å². The normalized spacial score (nSPS) is 12.6. The van der Waals surface area contributed by atoms with E-state index in [1.165, 1.54) is 205 Å². The average molecular weight is 1120 g/mol. The van der Waals surface area contributed by atoms with E-state index < -0.39 is 6.10 Å². The number of hydrogen-bond donors (Lipinski definition) is 0. The Kier molecular flexibility index (Phi) is 65.2. The maximum Gasteiger partial charge on any atom is 0.306 e. The maximum absolute atomic E-state index is 12.9. The minimum absolute atomic E-state index is 0.0781. The molecule has 6 nitrogen and oxygen atoms in total. The van der Waals surface area contributed by atoms with Crippen molar-refractivity contribution in [1.29, 1.82) is 0 Å². The Bertz CT molecular complexity index is 1520. The summed E-state index contributed by atoms with van der Waals surface area (Å²) in [6.45, 7) is 6.49. The molecule has 0 rings (SSSR count). The van der Waals surface area contributed by atoms with E-state index in [0.29, 0.717) is 19.3 Å². The molecule has 0 aromatic rings. The number of carbonyl (C=O) groups is 3. The molecule has 0 fully saturated rings. The Hall–Kier alpha value is -3.41. The molecule has 0 aliphatic heterocycles. The van der Waals surface area contributed by atoms with Crippen molar-refractivity contribution in [3.05, 3.63) is 85.1 Å². The number of carbonyl (C=O) groups excluding carboxylic acids is 3. The van der Waals surface area contributed by atoms with Crippen molar-refractivity contribution in [3.8, 4) is 0 Å². The second-order valence-corrected chi connectivity index (χ2v) is 23.1. The second-order valence-electron chi connectivity index (χ2n) is 23.1. The molecule has 0 amide bonds. The second kappa shape index (κ2) is 68.1. The van der Waals surface area contributed by atoms with Crippen molar-refractivity contribution in [1.82, 2.24) is 0 Å². The van der Waals surface area contributed by atoms with Gasteiger partial charge in [-0.2, -0.15) is 0 Å². The van der Waals surface area contributed by atoms with Crippen molar-refractivity contribution < 1.29 is 28.6 Å². The predicted octanol–water partition coefficient (Wildman–Crippen LogP) is 23.8. The van der Waals surface area contributed by atoms with Crippen molar-refractivity contribution in [2.24, 2.45) is 0 Å². The minimum Gasteiger partial charge on any atom is -0.462 e. The Labute approximate surface area is 496 Å². The molecule has 462 valence electrons. The van der Waals surface area contributed by atoms with Gasteiger partial charge in [-0.1, -0.05) is 305 Å². The van der Waals surface area contributed by atoms with Gasteiger partial charge < -0.3 is 14.2 Å². The number of allylic oxidation sites excluding steroid dienone is 14. The quantitative estimate of drug-likeness (QED) is 0.0261. The van der Waals surface area contributed by atoms with Gasteiger partial charge >= 0.3 is 17.9 Å². The van der Waals surface area contributed by atoms with E-state index in [9.17, 15) is 14.4 Å². The zero-order chi connectivity index (χ0) is 57.8. The lowest BCUT2D eigenvalue weighted by molar-refractivity contribution is -0.167. The summed E-state index contributed by atoms with van der Waals surface area (Å²) in [7, 11) is 0. The molecule has 80 heavy (non-hydrogen) atoms. The molecule has 1 atom stereocenters. The summed E-state index contributed by atoms with van der Waals surface area (Å²) in [4.78, 5) is 38.3. The molecule has 0 N–H and O–H groups in total. The van der Waals surface area contributed by atoms with Gasteiger partial charge in [-0.25, -0.2) is 0 Å². The monoisotopic (exact) mass is 1110 g/mol. The molecule has 0 aromatic carbocycles. The third kappa shape index (κ3) is 65.4. The molecule has 0 bridgehead atoms. The number of ether oxygens (including phenoxy) is 3. The highest BCUT2D eigenvalue weighted by atomic mass is 16.6. The van der Waals surface area contributed by atoms with Gasteiger partial charge in [0.1, 0.15) is 13.2 Å². The van der Waals surface area contributed by atoms with Gasteiger partial charge in [0.2, 0.25) is 0 Å². The van der Waals surface area contributed by atoms with Crippen LogP contribution in [-0.2, 0) is 28.6 Å². The summed E-state index contributed by atoms with van der Waals surface area (Å²) in [5.74, 6) is -0.879. The fraction of sp³-hybridized carbons (Fsp3) is 0.770. The van der Waals surface area contributed by atoms with E-state index >= 15 is 0 Å². The summed E-state index contributed by atoms with van der Waals surface area (Å²) in [6, 6.07) is 0. The minimum atomic E-state index is -0.782. The SMILES string of the molecule is CC/C=C\C/C=C\C/C=C\C/C=C\CCCCCCCCCCCCC(=O)OC(COC(=O)CCCCCCC/C=C\CCC)COC(=O)CCCCCCCCCCCCCCCCCCC/C=C\C/C=C\CCCCCCC. The van der Waals surface area contributed by atoms with Crippen LogP contribution in [0.15, 0.2) is 85.1 Å². The first kappa shape index (κ1) is 76.6. The summed E-state index contributed by atoms with van der Waals surface area (Å²) in [6.07, 6.45) is 90.5. The highest BCUT2D eigenvalue weighted by Gasteiger charge is 2.19. The largest absolute Gasteiger partial charge is 0.462 e. The Morgan fingerprint density at radius 1 is 0.263 bits per heavy atom. The number of rotatable bonds is 63. The fourth-order valence-electron chi connectivity index (χ4n) is 9.94. The van der Waals surface area contributed by atoms with Crippen LogP contribution in [0.25, 0.3) is 0 Å². The van der Waals surface area contributed by atoms with E-state index in [1.807, 2.05) is 0 Å². The first-order chi connectivity index (χ1) is 39.5. The zero-order valence-corrected chi connectivity index (χ0v) is 53.1. The topological polar surface area (TPSA) is 78.9 Å². The molecule has 0 aliphatic carbocycles. The lowest BCUT2D eigenvalue weighted by atomic mass is 10.0. The Morgan fingerprint density at radius 2 is 0.512 bits per heavy atom. The molecular weight excluding hydrogens is 985 g/mol. The number of unbranched alkanes of at least 4 members (excludes halogenated alkanes) is 38. The molecule has 0 heterocycles. The van der Waals surface area contributed by atoms with Gasteiger partial charge in [-0.15, -0.1) is 0 Å². The van der Waals surface area contributed by atoms with Gasteiger partial charge in [-0.3, -0.25) is 14.4 Å². The molecule has 6 heteroatoms. The molecule has 0 aromatic heterocycles. The van der Waals surface area contributed by atoms with E-state index in [-0.39, 0.29) is 31.1 Å². The van der Waals surface area contributed by atoms with Crippen LogP contribution in [0.1, 0.15) is 348 Å². The fourth-order valence-corrected chi connectivity index (χ4v) is 9.94. The van der Waals surface area contributed by atoms with Gasteiger partial charge in [0, 0.05) is 19.3 Å². The molecule has 0 saturated heterocycles. The van der Waals surface area contributed by atoms with Crippen LogP contribution in [-0.4, -0.2) is 37.2 Å². The highest BCUT2D eigenvalue weighted by Crippen LogP contribution is 2.17. The third-order valence-corrected chi connectivity index (χ3v) is 15.1. The third-order valence-electron chi connectivity index (χ3n) is 15.1. The van der Waals surface area contributed by atoms with Crippen molar-refractivity contribution in [2.45, 2.75) is 354 Å². The molecular formula is C74H130O6. The molecule has 0 spiro atoms. The molecule has 0 radical (unpaired) electrons. The predicted molar refractivity (Wildman–Crippen MR) is 348 cm³/mol. The van der Waals surface area contributed by atoms with Crippen LogP contribution in [0.5, 0.6) is 0 Å². The van der Waals surface area contributed by atoms with Crippen molar-refractivity contribution in [2.75, 3.05) is 13.2 Å². The van der Waals surface area contributed by atoms with E-state index in [2.05, 4.69) is 106 Å². The summed E-state index contributed by atoms with van der Waals surface area (Å²) in [5, 5.41) is 0. The first-order valence-corrected chi connectivity index (χ1v) is 34.6. The lowest BCUT2D eigenvalue weighted by Gasteiger charge is -2.18. The molecule has 0 aliphatic rings. The van der Waals surface area contributed by atoms with Crippen LogP contribution in [0.4, 0.5) is 0 Å². The van der Waals surface area contributed by atoms with Gasteiger partial charge in [-0.05, 0) is 109 Å². The van der Waals surface area contributed by atoms with Crippen LogP contribution in [0, 0.1) is 0 Å². The van der Waals surface area contributed by atoms with E-state index in [4.69, 9.17) is 14.2 Å². The summed E-state index contributed by atoms with van der Waals surface area (Å²) < 4.78 is 16.9. The van der Waals surface area contributed by atoms with Crippen LogP contribution < -0.4 is 0 Å². The zero-order valence-electron chi connectivity index (χ0n) is 53.1. The van der Waals surface area contributed by atoms with Gasteiger partial charge in [0.05, 0.1) is 0 Å². The van der Waals surface area contributed by atoms with Crippen LogP contribution in [0.3, 0.4) is 0 Å². The molecule has 0 saturated carbocycles. The van der Waals surface area contributed by atoms with Gasteiger partial charge in [0.15, 0.2) is 6.10 Å². The Balaban J connectivity index is 4.17. The maximum atomic E-state index is 12.9. The van der Waals surface area contributed by atoms with Crippen LogP contribution >= 0.6 is 0 Å². The molecule has 1 unspecified atom stereocenters.